The molecule has 3 N–H and O–H groups in total. The van der Waals surface area contributed by atoms with E-state index >= 15 is 4.79 Å². The molecule has 2 saturated heterocycles. The van der Waals surface area contributed by atoms with Crippen LogP contribution in [0.15, 0.2) is 96.7 Å². The maximum atomic E-state index is 15.3. The Kier molecular flexibility index (Phi) is 10.2. The number of hydrogen-bond acceptors (Lipinski definition) is 9. The predicted molar refractivity (Wildman–Crippen MR) is 210 cm³/mol. The van der Waals surface area contributed by atoms with Gasteiger partial charge in [0.05, 0.1) is 40.9 Å². The number of allylic oxidation sites excluding steroid dienone is 3. The number of aromatic nitrogens is 1. The third-order valence-electron chi connectivity index (χ3n) is 12.0. The molecule has 3 fully saturated rings. The highest BCUT2D eigenvalue weighted by Crippen LogP contribution is 2.61. The first-order chi connectivity index (χ1) is 28.1. The number of halogens is 5. The summed E-state index contributed by atoms with van der Waals surface area (Å²) in [5, 5.41) is 20.6. The van der Waals surface area contributed by atoms with Crippen molar-refractivity contribution in [3.05, 3.63) is 129 Å². The molecule has 3 heterocycles. The fourth-order valence-electron chi connectivity index (χ4n) is 9.22. The van der Waals surface area contributed by atoms with Gasteiger partial charge in [-0.2, -0.15) is 18.2 Å². The zero-order valence-electron chi connectivity index (χ0n) is 31.1. The lowest BCUT2D eigenvalue weighted by molar-refractivity contribution is -0.141. The van der Waals surface area contributed by atoms with E-state index in [2.05, 4.69) is 10.4 Å². The second-order valence-electron chi connectivity index (χ2n) is 15.0. The molecule has 2 aliphatic carbocycles. The Morgan fingerprint density at radius 3 is 2.36 bits per heavy atom. The summed E-state index contributed by atoms with van der Waals surface area (Å²) < 4.78 is 45.8. The lowest BCUT2D eigenvalue weighted by Gasteiger charge is -2.49. The third kappa shape index (κ3) is 6.77. The first-order valence-corrected chi connectivity index (χ1v) is 19.4. The number of phenols is 2. The fraction of sp³-hybridized carbons (Fsp3) is 0.279. The number of benzene rings is 3. The number of anilines is 1. The van der Waals surface area contributed by atoms with Crippen molar-refractivity contribution in [2.24, 2.45) is 29.6 Å². The van der Waals surface area contributed by atoms with E-state index in [1.54, 1.807) is 60.7 Å². The molecule has 1 saturated carbocycles. The number of likely N-dealkylation sites (tertiary alicyclic amines) is 1. The molecule has 0 spiro atoms. The van der Waals surface area contributed by atoms with Gasteiger partial charge in [0.2, 0.25) is 11.8 Å². The minimum Gasteiger partial charge on any atom is -0.508 e. The van der Waals surface area contributed by atoms with Crippen LogP contribution in [0.1, 0.15) is 35.1 Å². The summed E-state index contributed by atoms with van der Waals surface area (Å²) >= 11 is 12.6. The molecule has 3 aromatic carbocycles. The van der Waals surface area contributed by atoms with E-state index < -0.39 is 69.5 Å². The second kappa shape index (κ2) is 15.1. The number of nitrogens with zero attached hydrogens (tertiary/aromatic N) is 3. The zero-order valence-corrected chi connectivity index (χ0v) is 32.6. The summed E-state index contributed by atoms with van der Waals surface area (Å²) in [5.74, 6) is -6.79. The number of pyridine rings is 1. The highest BCUT2D eigenvalue weighted by atomic mass is 35.5. The standard InChI is InChI=1S/C43H35Cl2F3N4O7/c1-59-35-18-23(5-15-34(35)54)4-14-31-28-12-13-29-36(40(57)51(38(29)55)17-16-22-2-10-27(53)11-3-22)30(28)20-32-39(56)52(41(58)42(31,32)24-6-8-26(44)9-7-24)50-37-33(45)19-25(21-49-37)43(46,47)48/h2-12,14-15,18-19,21,29-32,36,53-54H,13,16-17,20H2,1H3,(H,49,50)/t29-,30+,31-,32-,36-,42-/m0/s1. The minimum absolute atomic E-state index is 0.0330. The number of ether oxygens (including phenoxy) is 1. The Labute approximate surface area is 345 Å². The van der Waals surface area contributed by atoms with Crippen molar-refractivity contribution < 1.29 is 47.3 Å². The van der Waals surface area contributed by atoms with Crippen LogP contribution in [0, 0.1) is 29.6 Å². The van der Waals surface area contributed by atoms with Gasteiger partial charge in [0.15, 0.2) is 17.3 Å². The van der Waals surface area contributed by atoms with Crippen molar-refractivity contribution >= 4 is 58.7 Å². The smallest absolute Gasteiger partial charge is 0.417 e. The van der Waals surface area contributed by atoms with E-state index in [1.165, 1.54) is 30.2 Å². The van der Waals surface area contributed by atoms with E-state index in [4.69, 9.17) is 27.9 Å². The summed E-state index contributed by atoms with van der Waals surface area (Å²) in [5.41, 5.74) is 2.23. The number of phenolic OH excluding ortho intramolecular Hbond substituents is 2. The first kappa shape index (κ1) is 39.9. The Morgan fingerprint density at radius 1 is 0.949 bits per heavy atom. The van der Waals surface area contributed by atoms with Crippen LogP contribution in [0.5, 0.6) is 17.2 Å². The Morgan fingerprint density at radius 2 is 1.68 bits per heavy atom. The van der Waals surface area contributed by atoms with Crippen LogP contribution >= 0.6 is 23.2 Å². The van der Waals surface area contributed by atoms with Crippen molar-refractivity contribution in [3.63, 3.8) is 0 Å². The number of aromatic hydroxyl groups is 2. The maximum absolute atomic E-state index is 15.3. The van der Waals surface area contributed by atoms with Gasteiger partial charge in [0.1, 0.15) is 5.75 Å². The zero-order chi connectivity index (χ0) is 42.0. The number of methoxy groups -OCH3 is 1. The number of amides is 4. The fourth-order valence-corrected chi connectivity index (χ4v) is 9.56. The Bertz CT molecular complexity index is 2440. The van der Waals surface area contributed by atoms with Gasteiger partial charge in [0.25, 0.3) is 11.8 Å². The lowest BCUT2D eigenvalue weighted by atomic mass is 9.50. The van der Waals surface area contributed by atoms with Gasteiger partial charge in [-0.1, -0.05) is 77.3 Å². The molecule has 4 aliphatic rings. The lowest BCUT2D eigenvalue weighted by Crippen LogP contribution is -2.54. The second-order valence-corrected chi connectivity index (χ2v) is 15.8. The number of alkyl halides is 3. The molecule has 8 rings (SSSR count). The number of nitrogens with one attached hydrogen (secondary N) is 1. The van der Waals surface area contributed by atoms with E-state index in [9.17, 15) is 37.8 Å². The van der Waals surface area contributed by atoms with Crippen LogP contribution in [0.25, 0.3) is 6.08 Å². The van der Waals surface area contributed by atoms with Crippen molar-refractivity contribution in [2.45, 2.75) is 30.9 Å². The van der Waals surface area contributed by atoms with Gasteiger partial charge in [-0.25, -0.2) is 4.98 Å². The molecule has 0 unspecified atom stereocenters. The van der Waals surface area contributed by atoms with Crippen LogP contribution < -0.4 is 10.2 Å². The van der Waals surface area contributed by atoms with Gasteiger partial charge in [-0.15, -0.1) is 0 Å². The number of imide groups is 2. The molecule has 1 aromatic heterocycles. The molecule has 0 radical (unpaired) electrons. The van der Waals surface area contributed by atoms with Crippen molar-refractivity contribution in [1.29, 1.82) is 0 Å². The van der Waals surface area contributed by atoms with Crippen LogP contribution in [0.3, 0.4) is 0 Å². The number of fused-ring (bicyclic) bond motifs is 4. The summed E-state index contributed by atoms with van der Waals surface area (Å²) in [7, 11) is 1.40. The van der Waals surface area contributed by atoms with Gasteiger partial charge in [-0.3, -0.25) is 29.5 Å². The molecule has 304 valence electrons. The quantitative estimate of drug-likeness (QED) is 0.114. The number of rotatable bonds is 9. The topological polar surface area (TPSA) is 149 Å². The molecule has 4 aromatic rings. The molecule has 11 nitrogen and oxygen atoms in total. The van der Waals surface area contributed by atoms with Crippen LogP contribution in [-0.4, -0.2) is 62.4 Å². The van der Waals surface area contributed by atoms with E-state index in [1.807, 2.05) is 6.08 Å². The van der Waals surface area contributed by atoms with E-state index in [-0.39, 0.29) is 48.4 Å². The molecule has 0 bridgehead atoms. The normalized spacial score (nSPS) is 25.3. The highest BCUT2D eigenvalue weighted by molar-refractivity contribution is 6.33. The molecule has 2 aliphatic heterocycles. The monoisotopic (exact) mass is 846 g/mol. The van der Waals surface area contributed by atoms with E-state index in [0.717, 1.165) is 10.6 Å². The molecular formula is C43H35Cl2F3N4O7. The van der Waals surface area contributed by atoms with Gasteiger partial charge < -0.3 is 14.9 Å². The van der Waals surface area contributed by atoms with Gasteiger partial charge in [0, 0.05) is 23.7 Å². The van der Waals surface area contributed by atoms with Crippen LogP contribution in [-0.2, 0) is 37.2 Å². The number of carbonyl (C=O) groups is 4. The van der Waals surface area contributed by atoms with Crippen molar-refractivity contribution in [1.82, 2.24) is 14.9 Å². The Balaban J connectivity index is 1.24. The summed E-state index contributed by atoms with van der Waals surface area (Å²) in [4.78, 5) is 63.6. The maximum Gasteiger partial charge on any atom is 0.417 e. The summed E-state index contributed by atoms with van der Waals surface area (Å²) in [6.45, 7) is 0.0949. The SMILES string of the molecule is COc1cc(C=C[C@H]2C3=CC[C@@H]4C(=O)N(CCc5ccc(O)cc5)C(=O)[C@@H]4[C@@H]3C[C@H]3C(=O)N(Nc4ncc(C(F)(F)F)cc4Cl)C(=O)[C@@]23c2ccc(Cl)cc2)ccc1O. The number of hydrogen-bond donors (Lipinski definition) is 3. The summed E-state index contributed by atoms with van der Waals surface area (Å²) in [6.07, 6.45) is 1.62. The summed E-state index contributed by atoms with van der Waals surface area (Å²) in [6, 6.07) is 18.2. The molecule has 59 heavy (non-hydrogen) atoms. The number of hydrazine groups is 1. The average molecular weight is 848 g/mol. The largest absolute Gasteiger partial charge is 0.508 e. The Hall–Kier alpha value is -5.86. The predicted octanol–water partition coefficient (Wildman–Crippen LogP) is 7.60. The minimum atomic E-state index is -4.76. The average Bonchev–Trinajstić information content (AvgIpc) is 3.58. The van der Waals surface area contributed by atoms with Crippen LogP contribution in [0.2, 0.25) is 10.0 Å². The molecule has 4 amide bonds. The molecule has 16 heteroatoms. The number of carbonyl (C=O) groups excluding carboxylic acids is 4. The van der Waals surface area contributed by atoms with Crippen molar-refractivity contribution in [2.75, 3.05) is 19.1 Å². The van der Waals surface area contributed by atoms with Crippen molar-refractivity contribution in [3.8, 4) is 17.2 Å². The molecule has 6 atom stereocenters. The molecular weight excluding hydrogens is 812 g/mol. The van der Waals surface area contributed by atoms with Crippen LogP contribution in [0.4, 0.5) is 19.0 Å². The first-order valence-electron chi connectivity index (χ1n) is 18.7. The third-order valence-corrected chi connectivity index (χ3v) is 12.5. The van der Waals surface area contributed by atoms with E-state index in [0.29, 0.717) is 40.4 Å². The van der Waals surface area contributed by atoms with Gasteiger partial charge >= 0.3 is 6.18 Å². The highest BCUT2D eigenvalue weighted by Gasteiger charge is 2.69. The van der Waals surface area contributed by atoms with Gasteiger partial charge in [-0.05, 0) is 84.3 Å².